The van der Waals surface area contributed by atoms with Crippen molar-refractivity contribution in [3.63, 3.8) is 0 Å². The lowest BCUT2D eigenvalue weighted by atomic mass is 10.1. The highest BCUT2D eigenvalue weighted by atomic mass is 15.3. The number of nitrogen functional groups attached to an aromatic ring is 1. The molecule has 0 atom stereocenters. The maximum absolute atomic E-state index is 9.25. The Balaban J connectivity index is 2.31. The molecule has 0 amide bonds. The van der Waals surface area contributed by atoms with Gasteiger partial charge in [-0.1, -0.05) is 37.6 Å². The zero-order valence-corrected chi connectivity index (χ0v) is 12.1. The highest BCUT2D eigenvalue weighted by Crippen LogP contribution is 2.20. The molecule has 1 heterocycles. The van der Waals surface area contributed by atoms with Gasteiger partial charge in [-0.2, -0.15) is 10.4 Å². The van der Waals surface area contributed by atoms with Crippen molar-refractivity contribution in [3.8, 4) is 6.07 Å². The summed E-state index contributed by atoms with van der Waals surface area (Å²) in [6, 6.07) is 10.3. The number of aromatic nitrogens is 2. The van der Waals surface area contributed by atoms with Crippen molar-refractivity contribution in [2.75, 3.05) is 5.73 Å². The van der Waals surface area contributed by atoms with Crippen LogP contribution in [-0.2, 0) is 13.0 Å². The summed E-state index contributed by atoms with van der Waals surface area (Å²) in [6.07, 6.45) is 2.91. The number of anilines is 1. The Bertz CT molecular complexity index is 634. The van der Waals surface area contributed by atoms with Gasteiger partial charge in [0.15, 0.2) is 0 Å². The van der Waals surface area contributed by atoms with Crippen molar-refractivity contribution in [1.29, 1.82) is 5.26 Å². The molecule has 4 nitrogen and oxygen atoms in total. The van der Waals surface area contributed by atoms with Crippen LogP contribution in [0.15, 0.2) is 24.3 Å². The minimum absolute atomic E-state index is 0.474. The molecule has 4 heteroatoms. The van der Waals surface area contributed by atoms with Crippen molar-refractivity contribution in [3.05, 3.63) is 46.6 Å². The first-order chi connectivity index (χ1) is 9.67. The maximum Gasteiger partial charge on any atom is 0.140 e. The van der Waals surface area contributed by atoms with Crippen LogP contribution in [0.3, 0.4) is 0 Å². The third-order valence-corrected chi connectivity index (χ3v) is 3.52. The first-order valence-electron chi connectivity index (χ1n) is 6.97. The van der Waals surface area contributed by atoms with Crippen LogP contribution in [0.1, 0.15) is 42.1 Å². The van der Waals surface area contributed by atoms with E-state index >= 15 is 0 Å². The summed E-state index contributed by atoms with van der Waals surface area (Å²) in [4.78, 5) is 0. The molecule has 2 rings (SSSR count). The van der Waals surface area contributed by atoms with Crippen molar-refractivity contribution >= 4 is 5.82 Å². The Hall–Kier alpha value is -2.28. The number of hydrogen-bond acceptors (Lipinski definition) is 3. The van der Waals surface area contributed by atoms with Crippen LogP contribution in [-0.4, -0.2) is 9.78 Å². The molecule has 0 saturated carbocycles. The van der Waals surface area contributed by atoms with E-state index in [9.17, 15) is 5.26 Å². The fraction of sp³-hybridized carbons (Fsp3) is 0.375. The monoisotopic (exact) mass is 268 g/mol. The van der Waals surface area contributed by atoms with Gasteiger partial charge in [0.25, 0.3) is 0 Å². The SMILES string of the molecule is CCCCc1nn(Cc2ccccc2C)c(N)c1C#N. The number of aryl methyl sites for hydroxylation is 2. The second-order valence-corrected chi connectivity index (χ2v) is 5.01. The van der Waals surface area contributed by atoms with Gasteiger partial charge in [0.05, 0.1) is 12.2 Å². The van der Waals surface area contributed by atoms with E-state index in [1.54, 1.807) is 4.68 Å². The van der Waals surface area contributed by atoms with Gasteiger partial charge in [-0.05, 0) is 30.9 Å². The molecule has 0 saturated heterocycles. The minimum Gasteiger partial charge on any atom is -0.383 e. The number of benzene rings is 1. The molecule has 0 aliphatic carbocycles. The standard InChI is InChI=1S/C16H20N4/c1-3-4-9-15-14(10-17)16(18)20(19-15)11-13-8-6-5-7-12(13)2/h5-8H,3-4,9,11,18H2,1-2H3. The molecule has 0 fully saturated rings. The molecule has 0 bridgehead atoms. The third-order valence-electron chi connectivity index (χ3n) is 3.52. The maximum atomic E-state index is 9.25. The average Bonchev–Trinajstić information content (AvgIpc) is 2.75. The summed E-state index contributed by atoms with van der Waals surface area (Å²) in [5.74, 6) is 0.474. The second-order valence-electron chi connectivity index (χ2n) is 5.01. The van der Waals surface area contributed by atoms with Gasteiger partial charge >= 0.3 is 0 Å². The molecule has 0 unspecified atom stereocenters. The van der Waals surface area contributed by atoms with Crippen LogP contribution in [0.25, 0.3) is 0 Å². The molecular formula is C16H20N4. The van der Waals surface area contributed by atoms with E-state index in [2.05, 4.69) is 37.1 Å². The van der Waals surface area contributed by atoms with Crippen molar-refractivity contribution in [1.82, 2.24) is 9.78 Å². The average molecular weight is 268 g/mol. The molecule has 0 aliphatic rings. The van der Waals surface area contributed by atoms with E-state index in [-0.39, 0.29) is 0 Å². The van der Waals surface area contributed by atoms with Gasteiger partial charge in [-0.15, -0.1) is 0 Å². The van der Waals surface area contributed by atoms with E-state index in [4.69, 9.17) is 5.73 Å². The topological polar surface area (TPSA) is 67.6 Å². The molecule has 0 aliphatic heterocycles. The first kappa shape index (κ1) is 14.1. The third kappa shape index (κ3) is 2.83. The van der Waals surface area contributed by atoms with Crippen molar-refractivity contribution in [2.45, 2.75) is 39.7 Å². The Kier molecular flexibility index (Phi) is 4.41. The number of nitriles is 1. The fourth-order valence-corrected chi connectivity index (χ4v) is 2.24. The Morgan fingerprint density at radius 2 is 2.10 bits per heavy atom. The van der Waals surface area contributed by atoms with Gasteiger partial charge in [0.1, 0.15) is 17.5 Å². The van der Waals surface area contributed by atoms with Gasteiger partial charge < -0.3 is 5.73 Å². The van der Waals surface area contributed by atoms with E-state index in [1.807, 2.05) is 12.1 Å². The highest BCUT2D eigenvalue weighted by Gasteiger charge is 2.15. The van der Waals surface area contributed by atoms with E-state index in [1.165, 1.54) is 11.1 Å². The van der Waals surface area contributed by atoms with Crippen molar-refractivity contribution in [2.24, 2.45) is 0 Å². The summed E-state index contributed by atoms with van der Waals surface area (Å²) < 4.78 is 1.74. The van der Waals surface area contributed by atoms with Gasteiger partial charge in [-0.3, -0.25) is 0 Å². The van der Waals surface area contributed by atoms with Crippen LogP contribution >= 0.6 is 0 Å². The van der Waals surface area contributed by atoms with E-state index in [0.717, 1.165) is 25.0 Å². The number of hydrogen-bond donors (Lipinski definition) is 1. The summed E-state index contributed by atoms with van der Waals surface area (Å²) in [7, 11) is 0. The predicted molar refractivity (Wildman–Crippen MR) is 80.2 cm³/mol. The lowest BCUT2D eigenvalue weighted by Crippen LogP contribution is -2.07. The summed E-state index contributed by atoms with van der Waals surface area (Å²) in [6.45, 7) is 4.80. The lowest BCUT2D eigenvalue weighted by Gasteiger charge is -2.07. The fourth-order valence-electron chi connectivity index (χ4n) is 2.24. The number of rotatable bonds is 5. The molecule has 0 spiro atoms. The normalized spacial score (nSPS) is 10.4. The Morgan fingerprint density at radius 3 is 2.75 bits per heavy atom. The van der Waals surface area contributed by atoms with Crippen LogP contribution < -0.4 is 5.73 Å². The van der Waals surface area contributed by atoms with Crippen LogP contribution in [0, 0.1) is 18.3 Å². The predicted octanol–water partition coefficient (Wildman–Crippen LogP) is 3.04. The van der Waals surface area contributed by atoms with Crippen molar-refractivity contribution < 1.29 is 0 Å². The van der Waals surface area contributed by atoms with Gasteiger partial charge in [-0.25, -0.2) is 4.68 Å². The smallest absolute Gasteiger partial charge is 0.140 e. The molecule has 20 heavy (non-hydrogen) atoms. The van der Waals surface area contributed by atoms with E-state index in [0.29, 0.717) is 17.9 Å². The molecule has 0 radical (unpaired) electrons. The van der Waals surface area contributed by atoms with E-state index < -0.39 is 0 Å². The summed E-state index contributed by atoms with van der Waals surface area (Å²) in [5.41, 5.74) is 9.80. The zero-order chi connectivity index (χ0) is 14.5. The Labute approximate surface area is 119 Å². The van der Waals surface area contributed by atoms with Crippen LogP contribution in [0.5, 0.6) is 0 Å². The molecule has 1 aromatic carbocycles. The first-order valence-corrected chi connectivity index (χ1v) is 6.97. The molecule has 2 N–H and O–H groups in total. The molecule has 2 aromatic rings. The molecular weight excluding hydrogens is 248 g/mol. The summed E-state index contributed by atoms with van der Waals surface area (Å²) in [5, 5.41) is 13.8. The van der Waals surface area contributed by atoms with Crippen LogP contribution in [0.4, 0.5) is 5.82 Å². The minimum atomic E-state index is 0.474. The van der Waals surface area contributed by atoms with Gasteiger partial charge in [0.2, 0.25) is 0 Å². The number of nitrogens with zero attached hydrogens (tertiary/aromatic N) is 3. The quantitative estimate of drug-likeness (QED) is 0.906. The number of unbranched alkanes of at least 4 members (excludes halogenated alkanes) is 1. The Morgan fingerprint density at radius 1 is 1.35 bits per heavy atom. The molecule has 104 valence electrons. The highest BCUT2D eigenvalue weighted by molar-refractivity contribution is 5.52. The summed E-state index contributed by atoms with van der Waals surface area (Å²) >= 11 is 0. The molecule has 1 aromatic heterocycles. The second kappa shape index (κ2) is 6.25. The van der Waals surface area contributed by atoms with Gasteiger partial charge in [0, 0.05) is 0 Å². The number of nitrogens with two attached hydrogens (primary N) is 1. The zero-order valence-electron chi connectivity index (χ0n) is 12.1. The largest absolute Gasteiger partial charge is 0.383 e. The van der Waals surface area contributed by atoms with Crippen LogP contribution in [0.2, 0.25) is 0 Å². The lowest BCUT2D eigenvalue weighted by molar-refractivity contribution is 0.666.